The first-order chi connectivity index (χ1) is 7.75. The van der Waals surface area contributed by atoms with Gasteiger partial charge in [-0.1, -0.05) is 28.1 Å². The largest absolute Gasteiger partial charge is 0.354 e. The molecule has 4 heteroatoms. The summed E-state index contributed by atoms with van der Waals surface area (Å²) < 4.78 is 1.09. The minimum absolute atomic E-state index is 0.818. The van der Waals surface area contributed by atoms with Crippen molar-refractivity contribution in [2.24, 2.45) is 0 Å². The fraction of sp³-hybridized carbons (Fsp3) is 0.167. The van der Waals surface area contributed by atoms with E-state index in [0.717, 1.165) is 16.8 Å². The van der Waals surface area contributed by atoms with Gasteiger partial charge in [0, 0.05) is 30.5 Å². The maximum absolute atomic E-state index is 4.25. The summed E-state index contributed by atoms with van der Waals surface area (Å²) in [7, 11) is 2.00. The van der Waals surface area contributed by atoms with E-state index in [-0.39, 0.29) is 0 Å². The van der Waals surface area contributed by atoms with Crippen LogP contribution < -0.4 is 4.90 Å². The number of halogens is 1. The number of hydrogen-bond acceptors (Lipinski definition) is 3. The molecule has 0 unspecified atom stereocenters. The molecule has 0 aliphatic carbocycles. The van der Waals surface area contributed by atoms with E-state index in [9.17, 15) is 0 Å². The third-order valence-electron chi connectivity index (χ3n) is 2.25. The predicted octanol–water partition coefficient (Wildman–Crippen LogP) is 2.88. The standard InChI is InChI=1S/C12H12BrN3/c1-16(12-8-14-5-6-15-12)9-10-3-2-4-11(13)7-10/h2-8H,9H2,1H3. The minimum atomic E-state index is 0.818. The molecule has 3 nitrogen and oxygen atoms in total. The summed E-state index contributed by atoms with van der Waals surface area (Å²) >= 11 is 3.46. The van der Waals surface area contributed by atoms with Gasteiger partial charge in [0.1, 0.15) is 5.82 Å². The molecule has 0 spiro atoms. The van der Waals surface area contributed by atoms with Crippen LogP contribution >= 0.6 is 15.9 Å². The Morgan fingerprint density at radius 3 is 2.88 bits per heavy atom. The zero-order chi connectivity index (χ0) is 11.4. The Labute approximate surface area is 103 Å². The summed E-state index contributed by atoms with van der Waals surface area (Å²) in [5, 5.41) is 0. The maximum Gasteiger partial charge on any atom is 0.147 e. The highest BCUT2D eigenvalue weighted by Gasteiger charge is 2.03. The second-order valence-electron chi connectivity index (χ2n) is 3.55. The van der Waals surface area contributed by atoms with Crippen molar-refractivity contribution in [3.8, 4) is 0 Å². The summed E-state index contributed by atoms with van der Waals surface area (Å²) in [4.78, 5) is 10.4. The van der Waals surface area contributed by atoms with Crippen molar-refractivity contribution in [1.29, 1.82) is 0 Å². The summed E-state index contributed by atoms with van der Waals surface area (Å²) in [5.74, 6) is 0.877. The molecule has 2 aromatic rings. The minimum Gasteiger partial charge on any atom is -0.354 e. The SMILES string of the molecule is CN(Cc1cccc(Br)c1)c1cnccn1. The van der Waals surface area contributed by atoms with Crippen LogP contribution in [0.25, 0.3) is 0 Å². The average molecular weight is 278 g/mol. The van der Waals surface area contributed by atoms with Gasteiger partial charge in [0.05, 0.1) is 6.20 Å². The van der Waals surface area contributed by atoms with Gasteiger partial charge in [0.2, 0.25) is 0 Å². The Morgan fingerprint density at radius 2 is 2.19 bits per heavy atom. The molecule has 1 aromatic carbocycles. The van der Waals surface area contributed by atoms with Gasteiger partial charge in [-0.2, -0.15) is 0 Å². The first kappa shape index (κ1) is 11.1. The van der Waals surface area contributed by atoms with Gasteiger partial charge in [-0.3, -0.25) is 4.98 Å². The zero-order valence-electron chi connectivity index (χ0n) is 8.97. The molecule has 0 radical (unpaired) electrons. The van der Waals surface area contributed by atoms with E-state index in [4.69, 9.17) is 0 Å². The third kappa shape index (κ3) is 2.79. The molecule has 2 rings (SSSR count). The van der Waals surface area contributed by atoms with Crippen LogP contribution in [0.15, 0.2) is 47.3 Å². The zero-order valence-corrected chi connectivity index (χ0v) is 10.6. The Balaban J connectivity index is 2.11. The fourth-order valence-corrected chi connectivity index (χ4v) is 1.93. The van der Waals surface area contributed by atoms with Gasteiger partial charge in [-0.25, -0.2) is 4.98 Å². The van der Waals surface area contributed by atoms with Crippen LogP contribution in [-0.2, 0) is 6.54 Å². The number of nitrogens with zero attached hydrogens (tertiary/aromatic N) is 3. The molecule has 1 heterocycles. The Hall–Kier alpha value is -1.42. The lowest BCUT2D eigenvalue weighted by Gasteiger charge is -2.17. The lowest BCUT2D eigenvalue weighted by atomic mass is 10.2. The number of aromatic nitrogens is 2. The Kier molecular flexibility index (Phi) is 3.51. The highest BCUT2D eigenvalue weighted by Crippen LogP contribution is 2.15. The van der Waals surface area contributed by atoms with Gasteiger partial charge < -0.3 is 4.90 Å². The number of hydrogen-bond donors (Lipinski definition) is 0. The van der Waals surface area contributed by atoms with Gasteiger partial charge in [0.25, 0.3) is 0 Å². The van der Waals surface area contributed by atoms with E-state index in [1.54, 1.807) is 18.6 Å². The van der Waals surface area contributed by atoms with Crippen LogP contribution in [0.1, 0.15) is 5.56 Å². The summed E-state index contributed by atoms with van der Waals surface area (Å²) in [6, 6.07) is 8.25. The smallest absolute Gasteiger partial charge is 0.147 e. The van der Waals surface area contributed by atoms with E-state index < -0.39 is 0 Å². The second-order valence-corrected chi connectivity index (χ2v) is 4.47. The van der Waals surface area contributed by atoms with Crippen molar-refractivity contribution in [3.63, 3.8) is 0 Å². The molecular formula is C12H12BrN3. The summed E-state index contributed by atoms with van der Waals surface area (Å²) in [5.41, 5.74) is 1.24. The van der Waals surface area contributed by atoms with Gasteiger partial charge in [0.15, 0.2) is 0 Å². The van der Waals surface area contributed by atoms with Crippen molar-refractivity contribution in [3.05, 3.63) is 52.9 Å². The van der Waals surface area contributed by atoms with E-state index >= 15 is 0 Å². The second kappa shape index (κ2) is 5.07. The molecular weight excluding hydrogens is 266 g/mol. The van der Waals surface area contributed by atoms with Gasteiger partial charge >= 0.3 is 0 Å². The van der Waals surface area contributed by atoms with Crippen LogP contribution in [0.5, 0.6) is 0 Å². The molecule has 0 bridgehead atoms. The predicted molar refractivity (Wildman–Crippen MR) is 68.3 cm³/mol. The van der Waals surface area contributed by atoms with E-state index in [1.165, 1.54) is 5.56 Å². The normalized spacial score (nSPS) is 10.1. The third-order valence-corrected chi connectivity index (χ3v) is 2.74. The number of anilines is 1. The topological polar surface area (TPSA) is 29.0 Å². The van der Waals surface area contributed by atoms with E-state index in [0.29, 0.717) is 0 Å². The van der Waals surface area contributed by atoms with Crippen molar-refractivity contribution >= 4 is 21.7 Å². The van der Waals surface area contributed by atoms with Gasteiger partial charge in [-0.05, 0) is 17.7 Å². The quantitative estimate of drug-likeness (QED) is 0.864. The average Bonchev–Trinajstić information content (AvgIpc) is 2.30. The summed E-state index contributed by atoms with van der Waals surface area (Å²) in [6.45, 7) is 0.818. The molecule has 0 saturated carbocycles. The lowest BCUT2D eigenvalue weighted by molar-refractivity contribution is 0.889. The van der Waals surface area contributed by atoms with Crippen molar-refractivity contribution in [1.82, 2.24) is 9.97 Å². The van der Waals surface area contributed by atoms with Crippen molar-refractivity contribution < 1.29 is 0 Å². The monoisotopic (exact) mass is 277 g/mol. The fourth-order valence-electron chi connectivity index (χ4n) is 1.48. The lowest BCUT2D eigenvalue weighted by Crippen LogP contribution is -2.17. The summed E-state index contributed by atoms with van der Waals surface area (Å²) in [6.07, 6.45) is 5.14. The van der Waals surface area contributed by atoms with Gasteiger partial charge in [-0.15, -0.1) is 0 Å². The molecule has 16 heavy (non-hydrogen) atoms. The highest BCUT2D eigenvalue weighted by atomic mass is 79.9. The molecule has 0 aliphatic heterocycles. The Morgan fingerprint density at radius 1 is 1.31 bits per heavy atom. The first-order valence-corrected chi connectivity index (χ1v) is 5.76. The van der Waals surface area contributed by atoms with Crippen LogP contribution in [0.2, 0.25) is 0 Å². The molecule has 0 aliphatic rings. The van der Waals surface area contributed by atoms with Crippen LogP contribution in [0.4, 0.5) is 5.82 Å². The molecule has 1 aromatic heterocycles. The Bertz CT molecular complexity index is 459. The molecule has 0 atom stereocenters. The van der Waals surface area contributed by atoms with E-state index in [2.05, 4.69) is 42.9 Å². The van der Waals surface area contributed by atoms with Crippen LogP contribution in [0, 0.1) is 0 Å². The van der Waals surface area contributed by atoms with Crippen molar-refractivity contribution in [2.45, 2.75) is 6.54 Å². The first-order valence-electron chi connectivity index (χ1n) is 4.97. The van der Waals surface area contributed by atoms with Crippen LogP contribution in [0.3, 0.4) is 0 Å². The molecule has 0 fully saturated rings. The molecule has 82 valence electrons. The molecule has 0 saturated heterocycles. The van der Waals surface area contributed by atoms with Crippen LogP contribution in [-0.4, -0.2) is 17.0 Å². The van der Waals surface area contributed by atoms with Crippen molar-refractivity contribution in [2.75, 3.05) is 11.9 Å². The number of benzene rings is 1. The molecule has 0 N–H and O–H groups in total. The maximum atomic E-state index is 4.25. The number of rotatable bonds is 3. The van der Waals surface area contributed by atoms with E-state index in [1.807, 2.05) is 19.2 Å². The molecule has 0 amide bonds. The highest BCUT2D eigenvalue weighted by molar-refractivity contribution is 9.10.